The number of sulfonamides is 1. The highest BCUT2D eigenvalue weighted by atomic mass is 32.2. The first-order valence-electron chi connectivity index (χ1n) is 10.1. The van der Waals surface area contributed by atoms with Crippen molar-refractivity contribution in [3.63, 3.8) is 0 Å². The Balaban J connectivity index is 1.70. The minimum atomic E-state index is -3.88. The summed E-state index contributed by atoms with van der Waals surface area (Å²) in [6.45, 7) is 2.18. The zero-order valence-corrected chi connectivity index (χ0v) is 18.5. The fourth-order valence-electron chi connectivity index (χ4n) is 2.95. The van der Waals surface area contributed by atoms with Gasteiger partial charge in [-0.15, -0.1) is 0 Å². The lowest BCUT2D eigenvalue weighted by atomic mass is 10.2. The van der Waals surface area contributed by atoms with E-state index in [0.717, 1.165) is 21.2 Å². The molecule has 3 rings (SSSR count). The molecule has 0 spiro atoms. The molecule has 3 aromatic carbocycles. The van der Waals surface area contributed by atoms with E-state index in [1.165, 1.54) is 18.3 Å². The number of hydrogen-bond donors (Lipinski definition) is 1. The summed E-state index contributed by atoms with van der Waals surface area (Å²) in [4.78, 5) is 12.6. The largest absolute Gasteiger partial charge is 0.494 e. The van der Waals surface area contributed by atoms with Gasteiger partial charge in [-0.05, 0) is 54.4 Å². The number of hydrazone groups is 1. The van der Waals surface area contributed by atoms with E-state index in [0.29, 0.717) is 6.61 Å². The maximum absolute atomic E-state index is 13.1. The van der Waals surface area contributed by atoms with Crippen molar-refractivity contribution >= 4 is 22.1 Å². The first kappa shape index (κ1) is 23.2. The van der Waals surface area contributed by atoms with Crippen molar-refractivity contribution in [3.05, 3.63) is 96.1 Å². The number of benzene rings is 3. The molecule has 0 bridgehead atoms. The molecule has 32 heavy (non-hydrogen) atoms. The predicted octanol–water partition coefficient (Wildman–Crippen LogP) is 3.43. The Kier molecular flexibility index (Phi) is 8.13. The molecule has 0 radical (unpaired) electrons. The molecule has 0 saturated heterocycles. The van der Waals surface area contributed by atoms with Crippen LogP contribution in [0.2, 0.25) is 0 Å². The summed E-state index contributed by atoms with van der Waals surface area (Å²) in [5.41, 5.74) is 3.95. The molecule has 0 aliphatic rings. The number of nitrogens with zero attached hydrogens (tertiary/aromatic N) is 2. The highest BCUT2D eigenvalue weighted by Gasteiger charge is 2.26. The molecule has 0 fully saturated rings. The molecule has 0 atom stereocenters. The molecule has 8 heteroatoms. The second kappa shape index (κ2) is 11.2. The number of carbonyl (C=O) groups excluding carboxylic acids is 1. The van der Waals surface area contributed by atoms with Crippen molar-refractivity contribution in [1.82, 2.24) is 9.73 Å². The summed E-state index contributed by atoms with van der Waals surface area (Å²) in [5, 5.41) is 3.95. The lowest BCUT2D eigenvalue weighted by molar-refractivity contribution is -0.121. The number of ether oxygens (including phenoxy) is 1. The zero-order chi connectivity index (χ0) is 22.8. The van der Waals surface area contributed by atoms with E-state index in [-0.39, 0.29) is 18.0 Å². The van der Waals surface area contributed by atoms with Crippen LogP contribution >= 0.6 is 0 Å². The van der Waals surface area contributed by atoms with E-state index in [9.17, 15) is 13.2 Å². The van der Waals surface area contributed by atoms with E-state index in [1.54, 1.807) is 30.3 Å². The first-order chi connectivity index (χ1) is 15.5. The van der Waals surface area contributed by atoms with E-state index >= 15 is 0 Å². The topological polar surface area (TPSA) is 88.1 Å². The average molecular weight is 452 g/mol. The van der Waals surface area contributed by atoms with Gasteiger partial charge in [-0.3, -0.25) is 4.79 Å². The summed E-state index contributed by atoms with van der Waals surface area (Å²) < 4.78 is 32.8. The van der Waals surface area contributed by atoms with Crippen LogP contribution in [0.4, 0.5) is 0 Å². The summed E-state index contributed by atoms with van der Waals surface area (Å²) in [6.07, 6.45) is 1.49. The highest BCUT2D eigenvalue weighted by molar-refractivity contribution is 7.89. The molecule has 1 N–H and O–H groups in total. The van der Waals surface area contributed by atoms with Crippen molar-refractivity contribution in [1.29, 1.82) is 0 Å². The predicted molar refractivity (Wildman–Crippen MR) is 124 cm³/mol. The van der Waals surface area contributed by atoms with Crippen molar-refractivity contribution in [3.8, 4) is 5.75 Å². The lowest BCUT2D eigenvalue weighted by Crippen LogP contribution is -2.39. The van der Waals surface area contributed by atoms with Gasteiger partial charge < -0.3 is 4.74 Å². The molecular weight excluding hydrogens is 426 g/mol. The van der Waals surface area contributed by atoms with Crippen molar-refractivity contribution in [2.75, 3.05) is 13.2 Å². The normalized spacial score (nSPS) is 11.6. The van der Waals surface area contributed by atoms with Gasteiger partial charge in [0.05, 0.1) is 24.3 Å². The van der Waals surface area contributed by atoms with Gasteiger partial charge in [0, 0.05) is 6.54 Å². The van der Waals surface area contributed by atoms with Gasteiger partial charge in [-0.2, -0.15) is 9.41 Å². The van der Waals surface area contributed by atoms with Crippen LogP contribution in [-0.2, 0) is 21.4 Å². The summed E-state index contributed by atoms with van der Waals surface area (Å²) in [7, 11) is -3.88. The van der Waals surface area contributed by atoms with Crippen LogP contribution in [0, 0.1) is 0 Å². The minimum absolute atomic E-state index is 0.0636. The van der Waals surface area contributed by atoms with Gasteiger partial charge in [0.2, 0.25) is 10.0 Å². The van der Waals surface area contributed by atoms with Crippen molar-refractivity contribution in [2.45, 2.75) is 18.4 Å². The third-order valence-corrected chi connectivity index (χ3v) is 6.30. The van der Waals surface area contributed by atoms with Crippen LogP contribution < -0.4 is 10.2 Å². The molecule has 0 heterocycles. The Labute approximate surface area is 188 Å². The smallest absolute Gasteiger partial charge is 0.255 e. The van der Waals surface area contributed by atoms with Crippen LogP contribution in [0.15, 0.2) is 94.9 Å². The Morgan fingerprint density at radius 2 is 1.59 bits per heavy atom. The Hall–Kier alpha value is -3.49. The molecule has 1 amide bonds. The van der Waals surface area contributed by atoms with Crippen LogP contribution in [0.3, 0.4) is 0 Å². The molecule has 0 aliphatic carbocycles. The quantitative estimate of drug-likeness (QED) is 0.378. The maximum atomic E-state index is 13.1. The number of amides is 1. The van der Waals surface area contributed by atoms with Gasteiger partial charge in [0.1, 0.15) is 5.75 Å². The van der Waals surface area contributed by atoms with E-state index in [1.807, 2.05) is 49.4 Å². The molecule has 7 nitrogen and oxygen atoms in total. The molecule has 0 aromatic heterocycles. The number of hydrogen-bond acceptors (Lipinski definition) is 5. The molecule has 166 valence electrons. The second-order valence-corrected chi connectivity index (χ2v) is 8.80. The van der Waals surface area contributed by atoms with Crippen LogP contribution in [0.25, 0.3) is 0 Å². The molecule has 0 aliphatic heterocycles. The van der Waals surface area contributed by atoms with Gasteiger partial charge >= 0.3 is 0 Å². The Morgan fingerprint density at radius 1 is 0.969 bits per heavy atom. The molecule has 3 aromatic rings. The lowest BCUT2D eigenvalue weighted by Gasteiger charge is -2.21. The number of nitrogens with one attached hydrogen (secondary N) is 1. The van der Waals surface area contributed by atoms with E-state index < -0.39 is 15.9 Å². The monoisotopic (exact) mass is 451 g/mol. The molecule has 0 saturated carbocycles. The third kappa shape index (κ3) is 6.50. The number of carbonyl (C=O) groups is 1. The van der Waals surface area contributed by atoms with Crippen LogP contribution in [0.5, 0.6) is 5.75 Å². The molecular formula is C24H25N3O4S. The van der Waals surface area contributed by atoms with Gasteiger partial charge in [-0.25, -0.2) is 13.8 Å². The van der Waals surface area contributed by atoms with Crippen LogP contribution in [-0.4, -0.2) is 38.0 Å². The van der Waals surface area contributed by atoms with Crippen molar-refractivity contribution in [2.24, 2.45) is 5.10 Å². The SMILES string of the molecule is CCOc1ccc(/C=N/NC(=O)CN(Cc2ccccc2)S(=O)(=O)c2ccccc2)cc1. The fourth-order valence-corrected chi connectivity index (χ4v) is 4.35. The molecule has 0 unspecified atom stereocenters. The summed E-state index contributed by atoms with van der Waals surface area (Å²) >= 11 is 0. The number of rotatable bonds is 10. The van der Waals surface area contributed by atoms with Gasteiger partial charge in [0.15, 0.2) is 0 Å². The highest BCUT2D eigenvalue weighted by Crippen LogP contribution is 2.18. The Morgan fingerprint density at radius 3 is 2.22 bits per heavy atom. The van der Waals surface area contributed by atoms with E-state index in [2.05, 4.69) is 10.5 Å². The second-order valence-electron chi connectivity index (χ2n) is 6.87. The van der Waals surface area contributed by atoms with Gasteiger partial charge in [0.25, 0.3) is 5.91 Å². The van der Waals surface area contributed by atoms with Gasteiger partial charge in [-0.1, -0.05) is 48.5 Å². The van der Waals surface area contributed by atoms with E-state index in [4.69, 9.17) is 4.74 Å². The third-order valence-electron chi connectivity index (χ3n) is 4.50. The first-order valence-corrected chi connectivity index (χ1v) is 11.6. The maximum Gasteiger partial charge on any atom is 0.255 e. The summed E-state index contributed by atoms with van der Waals surface area (Å²) in [6, 6.07) is 24.4. The van der Waals surface area contributed by atoms with Crippen LogP contribution in [0.1, 0.15) is 18.1 Å². The standard InChI is InChI=1S/C24H25N3O4S/c1-2-31-22-15-13-20(14-16-22)17-25-26-24(28)19-27(18-21-9-5-3-6-10-21)32(29,30)23-11-7-4-8-12-23/h3-17H,2,18-19H2,1H3,(H,26,28)/b25-17+. The van der Waals surface area contributed by atoms with Crippen molar-refractivity contribution < 1.29 is 17.9 Å². The zero-order valence-electron chi connectivity index (χ0n) is 17.7. The minimum Gasteiger partial charge on any atom is -0.494 e. The fraction of sp³-hybridized carbons (Fsp3) is 0.167. The summed E-state index contributed by atoms with van der Waals surface area (Å²) in [5.74, 6) is 0.207. The Bertz CT molecular complexity index is 1130. The average Bonchev–Trinajstić information content (AvgIpc) is 2.81.